The molecule has 0 spiro atoms. The number of carbonyl (C=O) groups excluding carboxylic acids is 1. The Balaban J connectivity index is 1.95. The Labute approximate surface area is 124 Å². The van der Waals surface area contributed by atoms with Crippen molar-refractivity contribution < 1.29 is 9.53 Å². The van der Waals surface area contributed by atoms with Crippen LogP contribution in [0.25, 0.3) is 11.0 Å². The summed E-state index contributed by atoms with van der Waals surface area (Å²) < 4.78 is 7.00. The lowest BCUT2D eigenvalue weighted by molar-refractivity contribution is -0.153. The van der Waals surface area contributed by atoms with E-state index in [0.717, 1.165) is 22.3 Å². The molecule has 0 saturated heterocycles. The van der Waals surface area contributed by atoms with E-state index in [1.54, 1.807) is 10.9 Å². The number of hydrogen-bond acceptors (Lipinski definition) is 5. The first-order chi connectivity index (χ1) is 9.76. The number of esters is 1. The van der Waals surface area contributed by atoms with Gasteiger partial charge in [0.15, 0.2) is 5.65 Å². The molecule has 0 aliphatic rings. The van der Waals surface area contributed by atoms with E-state index in [-0.39, 0.29) is 12.5 Å². The van der Waals surface area contributed by atoms with Crippen molar-refractivity contribution in [3.63, 3.8) is 0 Å². The first kappa shape index (κ1) is 15.4. The third kappa shape index (κ3) is 4.01. The van der Waals surface area contributed by atoms with E-state index in [1.807, 2.05) is 40.8 Å². The molecule has 114 valence electrons. The van der Waals surface area contributed by atoms with E-state index in [0.29, 0.717) is 6.54 Å². The fraction of sp³-hybridized carbons (Fsp3) is 0.533. The van der Waals surface area contributed by atoms with Crippen molar-refractivity contribution in [3.05, 3.63) is 23.5 Å². The zero-order valence-electron chi connectivity index (χ0n) is 13.2. The summed E-state index contributed by atoms with van der Waals surface area (Å²) in [6.07, 6.45) is 1.80. The molecule has 0 aliphatic heterocycles. The molecule has 0 aromatic carbocycles. The zero-order valence-corrected chi connectivity index (χ0v) is 13.2. The number of carbonyl (C=O) groups is 1. The van der Waals surface area contributed by atoms with Gasteiger partial charge in [-0.3, -0.25) is 9.48 Å². The predicted molar refractivity (Wildman–Crippen MR) is 80.8 cm³/mol. The number of hydrogen-bond donors (Lipinski definition) is 1. The maximum absolute atomic E-state index is 11.6. The Morgan fingerprint density at radius 1 is 1.43 bits per heavy atom. The minimum atomic E-state index is -0.452. The fourth-order valence-electron chi connectivity index (χ4n) is 2.13. The maximum atomic E-state index is 11.6. The van der Waals surface area contributed by atoms with Gasteiger partial charge in [-0.05, 0) is 39.3 Å². The molecular weight excluding hydrogens is 268 g/mol. The molecular formula is C15H22N4O2. The molecule has 1 N–H and O–H groups in total. The minimum Gasteiger partial charge on any atom is -0.459 e. The Morgan fingerprint density at radius 2 is 2.14 bits per heavy atom. The zero-order chi connectivity index (χ0) is 15.6. The highest BCUT2D eigenvalue weighted by Gasteiger charge is 2.15. The van der Waals surface area contributed by atoms with Gasteiger partial charge in [-0.1, -0.05) is 0 Å². The number of ether oxygens (including phenoxy) is 1. The Kier molecular flexibility index (Phi) is 4.27. The molecule has 6 nitrogen and oxygen atoms in total. The maximum Gasteiger partial charge on any atom is 0.320 e. The number of nitrogens with zero attached hydrogens (tertiary/aromatic N) is 3. The summed E-state index contributed by atoms with van der Waals surface area (Å²) in [7, 11) is 1.88. The second-order valence-corrected chi connectivity index (χ2v) is 6.11. The van der Waals surface area contributed by atoms with Gasteiger partial charge in [-0.15, -0.1) is 0 Å². The summed E-state index contributed by atoms with van der Waals surface area (Å²) in [4.78, 5) is 16.0. The van der Waals surface area contributed by atoms with Crippen LogP contribution < -0.4 is 5.32 Å². The van der Waals surface area contributed by atoms with Crippen LogP contribution in [0.2, 0.25) is 0 Å². The van der Waals surface area contributed by atoms with Crippen LogP contribution in [0, 0.1) is 6.92 Å². The highest BCUT2D eigenvalue weighted by atomic mass is 16.6. The van der Waals surface area contributed by atoms with E-state index in [9.17, 15) is 4.79 Å². The normalized spacial score (nSPS) is 11.9. The van der Waals surface area contributed by atoms with Gasteiger partial charge in [-0.25, -0.2) is 4.98 Å². The highest BCUT2D eigenvalue weighted by Crippen LogP contribution is 2.16. The molecule has 6 heteroatoms. The van der Waals surface area contributed by atoms with Crippen molar-refractivity contribution >= 4 is 17.0 Å². The second-order valence-electron chi connectivity index (χ2n) is 6.11. The van der Waals surface area contributed by atoms with Crippen LogP contribution in [0.5, 0.6) is 0 Å². The standard InChI is InChI=1S/C15H22N4O2/c1-10-12-6-11(8-17-14(12)19(5)18-10)7-16-9-13(20)21-15(2,3)4/h6,8,16H,7,9H2,1-5H3. The van der Waals surface area contributed by atoms with E-state index in [1.165, 1.54) is 0 Å². The smallest absolute Gasteiger partial charge is 0.320 e. The van der Waals surface area contributed by atoms with Gasteiger partial charge in [0.25, 0.3) is 0 Å². The van der Waals surface area contributed by atoms with Crippen molar-refractivity contribution in [1.82, 2.24) is 20.1 Å². The Bertz CT molecular complexity index is 655. The summed E-state index contributed by atoms with van der Waals surface area (Å²) in [5.41, 5.74) is 2.38. The van der Waals surface area contributed by atoms with Crippen LogP contribution in [-0.4, -0.2) is 32.9 Å². The number of pyridine rings is 1. The van der Waals surface area contributed by atoms with Crippen LogP contribution in [-0.2, 0) is 23.1 Å². The lowest BCUT2D eigenvalue weighted by Gasteiger charge is -2.19. The molecule has 0 aliphatic carbocycles. The molecule has 2 rings (SSSR count). The molecule has 2 aromatic rings. The lowest BCUT2D eigenvalue weighted by atomic mass is 10.2. The SMILES string of the molecule is Cc1nn(C)c2ncc(CNCC(=O)OC(C)(C)C)cc12. The summed E-state index contributed by atoms with van der Waals surface area (Å²) in [6, 6.07) is 2.05. The van der Waals surface area contributed by atoms with Crippen LogP contribution in [0.4, 0.5) is 0 Å². The quantitative estimate of drug-likeness (QED) is 0.868. The topological polar surface area (TPSA) is 69.0 Å². The first-order valence-electron chi connectivity index (χ1n) is 6.97. The molecule has 0 saturated carbocycles. The number of aryl methyl sites for hydroxylation is 2. The van der Waals surface area contributed by atoms with Crippen LogP contribution in [0.3, 0.4) is 0 Å². The van der Waals surface area contributed by atoms with Gasteiger partial charge in [0.05, 0.1) is 12.2 Å². The van der Waals surface area contributed by atoms with E-state index in [2.05, 4.69) is 15.4 Å². The predicted octanol–water partition coefficient (Wildman–Crippen LogP) is 1.71. The number of aromatic nitrogens is 3. The number of nitrogens with one attached hydrogen (secondary N) is 1. The van der Waals surface area contributed by atoms with Crippen molar-refractivity contribution in [1.29, 1.82) is 0 Å². The van der Waals surface area contributed by atoms with E-state index >= 15 is 0 Å². The average Bonchev–Trinajstić information content (AvgIpc) is 2.62. The highest BCUT2D eigenvalue weighted by molar-refractivity contribution is 5.78. The Hall–Kier alpha value is -1.95. The van der Waals surface area contributed by atoms with Gasteiger partial charge < -0.3 is 10.1 Å². The monoisotopic (exact) mass is 290 g/mol. The molecule has 0 amide bonds. The van der Waals surface area contributed by atoms with Gasteiger partial charge >= 0.3 is 5.97 Å². The molecule has 0 unspecified atom stereocenters. The molecule has 0 radical (unpaired) electrons. The van der Waals surface area contributed by atoms with Gasteiger partial charge in [-0.2, -0.15) is 5.10 Å². The van der Waals surface area contributed by atoms with E-state index in [4.69, 9.17) is 4.74 Å². The third-order valence-corrected chi connectivity index (χ3v) is 2.94. The van der Waals surface area contributed by atoms with Gasteiger partial charge in [0, 0.05) is 25.2 Å². The Morgan fingerprint density at radius 3 is 2.81 bits per heavy atom. The van der Waals surface area contributed by atoms with Crippen molar-refractivity contribution in [2.24, 2.45) is 7.05 Å². The first-order valence-corrected chi connectivity index (χ1v) is 6.97. The van der Waals surface area contributed by atoms with Crippen molar-refractivity contribution in [3.8, 4) is 0 Å². The molecule has 0 bridgehead atoms. The fourth-order valence-corrected chi connectivity index (χ4v) is 2.13. The van der Waals surface area contributed by atoms with E-state index < -0.39 is 5.60 Å². The molecule has 0 fully saturated rings. The summed E-state index contributed by atoms with van der Waals surface area (Å²) >= 11 is 0. The third-order valence-electron chi connectivity index (χ3n) is 2.94. The summed E-state index contributed by atoms with van der Waals surface area (Å²) in [5.74, 6) is -0.255. The number of rotatable bonds is 4. The summed E-state index contributed by atoms with van der Waals surface area (Å²) in [5, 5.41) is 8.45. The van der Waals surface area contributed by atoms with Crippen LogP contribution in [0.1, 0.15) is 32.0 Å². The molecule has 0 atom stereocenters. The molecule has 21 heavy (non-hydrogen) atoms. The molecule has 2 heterocycles. The second kappa shape index (κ2) is 5.81. The molecule has 2 aromatic heterocycles. The minimum absolute atomic E-state index is 0.182. The van der Waals surface area contributed by atoms with Crippen molar-refractivity contribution in [2.75, 3.05) is 6.54 Å². The van der Waals surface area contributed by atoms with Gasteiger partial charge in [0.2, 0.25) is 0 Å². The van der Waals surface area contributed by atoms with Crippen LogP contribution >= 0.6 is 0 Å². The van der Waals surface area contributed by atoms with Crippen molar-refractivity contribution in [2.45, 2.75) is 39.8 Å². The van der Waals surface area contributed by atoms with Crippen LogP contribution in [0.15, 0.2) is 12.3 Å². The number of fused-ring (bicyclic) bond motifs is 1. The summed E-state index contributed by atoms with van der Waals surface area (Å²) in [6.45, 7) is 8.27. The average molecular weight is 290 g/mol. The van der Waals surface area contributed by atoms with Gasteiger partial charge in [0.1, 0.15) is 5.60 Å². The lowest BCUT2D eigenvalue weighted by Crippen LogP contribution is -2.31. The largest absolute Gasteiger partial charge is 0.459 e.